The van der Waals surface area contributed by atoms with Gasteiger partial charge in [0.15, 0.2) is 5.41 Å². The molecule has 3 aliphatic rings. The average Bonchev–Trinajstić information content (AvgIpc) is 3.08. The largest absolute Gasteiger partial charge is 0.367 e. The predicted molar refractivity (Wildman–Crippen MR) is 137 cm³/mol. The van der Waals surface area contributed by atoms with Crippen LogP contribution in [0, 0.1) is 11.2 Å². The SMILES string of the molecule is CC(C)(C)N1C(=O)NC(=O)C2(Cc3cc(NC(=O)c4ccc(F)cc4)ccc3N3CCCCCC32)C1=O. The first-order valence-corrected chi connectivity index (χ1v) is 12.7. The topological polar surface area (TPSA) is 98.8 Å². The molecule has 2 aromatic rings. The molecule has 194 valence electrons. The summed E-state index contributed by atoms with van der Waals surface area (Å²) in [5, 5.41) is 5.32. The standard InChI is InChI=1S/C28H31FN4O4/c1-27(2,3)33-25(36)28(24(35)31-26(33)37)16-18-15-20(30-23(34)17-8-10-19(29)11-9-17)12-13-21(18)32-14-6-4-5-7-22(28)32/h8-13,15,22H,4-7,14,16H2,1-3H3,(H,30,34)(H,31,35,37). The molecule has 2 aromatic carbocycles. The Morgan fingerprint density at radius 2 is 1.78 bits per heavy atom. The molecule has 0 radical (unpaired) electrons. The van der Waals surface area contributed by atoms with E-state index in [1.165, 1.54) is 29.2 Å². The summed E-state index contributed by atoms with van der Waals surface area (Å²) in [6.45, 7) is 6.01. The Balaban J connectivity index is 1.56. The fourth-order valence-electron chi connectivity index (χ4n) is 5.93. The second-order valence-electron chi connectivity index (χ2n) is 11.1. The Bertz CT molecular complexity index is 1290. The van der Waals surface area contributed by atoms with Crippen LogP contribution in [0.4, 0.5) is 20.6 Å². The number of imide groups is 2. The number of hydrogen-bond donors (Lipinski definition) is 2. The molecule has 0 aromatic heterocycles. The zero-order chi connectivity index (χ0) is 26.5. The normalized spacial score (nSPS) is 23.8. The molecule has 5 amide bonds. The van der Waals surface area contributed by atoms with Crippen LogP contribution >= 0.6 is 0 Å². The van der Waals surface area contributed by atoms with E-state index in [0.717, 1.165) is 30.5 Å². The van der Waals surface area contributed by atoms with E-state index in [1.807, 2.05) is 6.07 Å². The lowest BCUT2D eigenvalue weighted by Crippen LogP contribution is -2.74. The molecule has 2 N–H and O–H groups in total. The molecule has 3 aliphatic heterocycles. The van der Waals surface area contributed by atoms with Crippen LogP contribution in [0.25, 0.3) is 0 Å². The number of barbiturate groups is 1. The smallest absolute Gasteiger partial charge is 0.331 e. The van der Waals surface area contributed by atoms with Crippen LogP contribution in [0.3, 0.4) is 0 Å². The Labute approximate surface area is 215 Å². The highest BCUT2D eigenvalue weighted by Crippen LogP contribution is 2.48. The van der Waals surface area contributed by atoms with E-state index in [0.29, 0.717) is 24.2 Å². The predicted octanol–water partition coefficient (Wildman–Crippen LogP) is 4.25. The number of carbonyl (C=O) groups excluding carboxylic acids is 4. The minimum atomic E-state index is -1.46. The maximum Gasteiger partial charge on any atom is 0.331 e. The van der Waals surface area contributed by atoms with Crippen molar-refractivity contribution < 1.29 is 23.6 Å². The van der Waals surface area contributed by atoms with Gasteiger partial charge in [-0.2, -0.15) is 0 Å². The number of carbonyl (C=O) groups is 4. The van der Waals surface area contributed by atoms with E-state index in [1.54, 1.807) is 32.9 Å². The summed E-state index contributed by atoms with van der Waals surface area (Å²) in [5.41, 5.74) is 0.223. The van der Waals surface area contributed by atoms with E-state index in [2.05, 4.69) is 15.5 Å². The molecule has 0 bridgehead atoms. The van der Waals surface area contributed by atoms with Gasteiger partial charge in [0.05, 0.1) is 6.04 Å². The zero-order valence-corrected chi connectivity index (χ0v) is 21.3. The molecular weight excluding hydrogens is 475 g/mol. The fourth-order valence-corrected chi connectivity index (χ4v) is 5.93. The van der Waals surface area contributed by atoms with Gasteiger partial charge < -0.3 is 10.2 Å². The van der Waals surface area contributed by atoms with Crippen LogP contribution in [0.1, 0.15) is 62.4 Å². The van der Waals surface area contributed by atoms with Gasteiger partial charge in [0.1, 0.15) is 5.82 Å². The van der Waals surface area contributed by atoms with Crippen molar-refractivity contribution in [2.75, 3.05) is 16.8 Å². The first-order valence-electron chi connectivity index (χ1n) is 12.7. The summed E-state index contributed by atoms with van der Waals surface area (Å²) in [6.07, 6.45) is 3.57. The summed E-state index contributed by atoms with van der Waals surface area (Å²) >= 11 is 0. The minimum Gasteiger partial charge on any atom is -0.367 e. The molecular formula is C28H31FN4O4. The number of rotatable bonds is 2. The summed E-state index contributed by atoms with van der Waals surface area (Å²) in [5.74, 6) is -1.86. The van der Waals surface area contributed by atoms with Crippen molar-refractivity contribution in [2.45, 2.75) is 64.5 Å². The molecule has 2 saturated heterocycles. The highest BCUT2D eigenvalue weighted by molar-refractivity contribution is 6.20. The Morgan fingerprint density at radius 3 is 2.49 bits per heavy atom. The lowest BCUT2D eigenvalue weighted by atomic mass is 9.67. The van der Waals surface area contributed by atoms with Crippen LogP contribution in [0.2, 0.25) is 0 Å². The summed E-state index contributed by atoms with van der Waals surface area (Å²) in [7, 11) is 0. The van der Waals surface area contributed by atoms with E-state index in [-0.39, 0.29) is 12.5 Å². The van der Waals surface area contributed by atoms with Gasteiger partial charge in [-0.15, -0.1) is 0 Å². The van der Waals surface area contributed by atoms with E-state index in [9.17, 15) is 23.6 Å². The molecule has 1 spiro atoms. The minimum absolute atomic E-state index is 0.119. The number of anilines is 2. The Hall–Kier alpha value is -3.75. The molecule has 5 rings (SSSR count). The van der Waals surface area contributed by atoms with Gasteiger partial charge in [0.25, 0.3) is 5.91 Å². The maximum absolute atomic E-state index is 14.1. The summed E-state index contributed by atoms with van der Waals surface area (Å²) < 4.78 is 13.3. The second kappa shape index (κ2) is 8.97. The number of hydrogen-bond acceptors (Lipinski definition) is 5. The number of urea groups is 1. The van der Waals surface area contributed by atoms with Crippen molar-refractivity contribution >= 4 is 35.1 Å². The number of amides is 5. The van der Waals surface area contributed by atoms with Crippen LogP contribution in [0.5, 0.6) is 0 Å². The van der Waals surface area contributed by atoms with Crippen molar-refractivity contribution in [3.05, 3.63) is 59.4 Å². The second-order valence-corrected chi connectivity index (χ2v) is 11.1. The number of benzene rings is 2. The molecule has 37 heavy (non-hydrogen) atoms. The number of nitrogens with one attached hydrogen (secondary N) is 2. The van der Waals surface area contributed by atoms with Gasteiger partial charge >= 0.3 is 6.03 Å². The van der Waals surface area contributed by atoms with Crippen LogP contribution in [-0.2, 0) is 16.0 Å². The van der Waals surface area contributed by atoms with Crippen molar-refractivity contribution in [3.63, 3.8) is 0 Å². The van der Waals surface area contributed by atoms with Gasteiger partial charge in [-0.05, 0) is 88.1 Å². The highest BCUT2D eigenvalue weighted by atomic mass is 19.1. The summed E-state index contributed by atoms with van der Waals surface area (Å²) in [4.78, 5) is 56.6. The van der Waals surface area contributed by atoms with E-state index < -0.39 is 40.5 Å². The molecule has 8 nitrogen and oxygen atoms in total. The van der Waals surface area contributed by atoms with Gasteiger partial charge in [-0.25, -0.2) is 9.18 Å². The van der Waals surface area contributed by atoms with E-state index >= 15 is 0 Å². The van der Waals surface area contributed by atoms with Gasteiger partial charge in [0.2, 0.25) is 11.8 Å². The molecule has 3 heterocycles. The molecule has 0 saturated carbocycles. The van der Waals surface area contributed by atoms with Crippen LogP contribution in [-0.4, -0.2) is 46.8 Å². The molecule has 2 fully saturated rings. The van der Waals surface area contributed by atoms with Crippen molar-refractivity contribution in [1.82, 2.24) is 10.2 Å². The number of fused-ring (bicyclic) bond motifs is 4. The first-order chi connectivity index (χ1) is 17.5. The number of halogens is 1. The fraction of sp³-hybridized carbons (Fsp3) is 0.429. The zero-order valence-electron chi connectivity index (χ0n) is 21.3. The van der Waals surface area contributed by atoms with Gasteiger partial charge in [-0.3, -0.25) is 24.6 Å². The number of nitrogens with zero attached hydrogens (tertiary/aromatic N) is 2. The quantitative estimate of drug-likeness (QED) is 0.594. The van der Waals surface area contributed by atoms with Crippen molar-refractivity contribution in [1.29, 1.82) is 0 Å². The van der Waals surface area contributed by atoms with Gasteiger partial charge in [0, 0.05) is 29.0 Å². The molecule has 0 aliphatic carbocycles. The van der Waals surface area contributed by atoms with E-state index in [4.69, 9.17) is 0 Å². The average molecular weight is 507 g/mol. The summed E-state index contributed by atoms with van der Waals surface area (Å²) in [6, 6.07) is 9.68. The third kappa shape index (κ3) is 4.16. The lowest BCUT2D eigenvalue weighted by Gasteiger charge is -2.53. The molecule has 9 heteroatoms. The third-order valence-electron chi connectivity index (χ3n) is 7.63. The van der Waals surface area contributed by atoms with Crippen molar-refractivity contribution in [3.8, 4) is 0 Å². The molecule has 2 unspecified atom stereocenters. The Morgan fingerprint density at radius 1 is 1.05 bits per heavy atom. The van der Waals surface area contributed by atoms with Crippen LogP contribution in [0.15, 0.2) is 42.5 Å². The van der Waals surface area contributed by atoms with Gasteiger partial charge in [-0.1, -0.05) is 12.8 Å². The highest BCUT2D eigenvalue weighted by Gasteiger charge is 2.63. The lowest BCUT2D eigenvalue weighted by molar-refractivity contribution is -0.156. The third-order valence-corrected chi connectivity index (χ3v) is 7.63. The monoisotopic (exact) mass is 506 g/mol. The van der Waals surface area contributed by atoms with Crippen molar-refractivity contribution in [2.24, 2.45) is 5.41 Å². The first kappa shape index (κ1) is 24.9. The maximum atomic E-state index is 14.1. The van der Waals surface area contributed by atoms with Crippen LogP contribution < -0.4 is 15.5 Å². The Kier molecular flexibility index (Phi) is 6.04. The molecule has 2 atom stereocenters.